The second-order valence-electron chi connectivity index (χ2n) is 7.42. The van der Waals surface area contributed by atoms with Crippen LogP contribution < -0.4 is 9.47 Å². The molecule has 0 aliphatic carbocycles. The van der Waals surface area contributed by atoms with Gasteiger partial charge in [-0.3, -0.25) is 0 Å². The maximum absolute atomic E-state index is 13.1. The van der Waals surface area contributed by atoms with Crippen LogP contribution in [0.2, 0.25) is 0 Å². The monoisotopic (exact) mass is 464 g/mol. The number of carbonyl (C=O) groups is 2. The van der Waals surface area contributed by atoms with Gasteiger partial charge in [-0.05, 0) is 39.8 Å². The first-order chi connectivity index (χ1) is 15.1. The van der Waals surface area contributed by atoms with E-state index in [1.165, 1.54) is 0 Å². The molecule has 0 saturated carbocycles. The van der Waals surface area contributed by atoms with Crippen molar-refractivity contribution in [2.24, 2.45) is 0 Å². The zero-order valence-corrected chi connectivity index (χ0v) is 19.2. The molecular formula is C22H28N2O7S. The van der Waals surface area contributed by atoms with Gasteiger partial charge in [0.05, 0.1) is 12.2 Å². The van der Waals surface area contributed by atoms with Crippen molar-refractivity contribution in [1.29, 1.82) is 0 Å². The third kappa shape index (κ3) is 6.96. The molecule has 9 nitrogen and oxygen atoms in total. The van der Waals surface area contributed by atoms with Gasteiger partial charge in [0.1, 0.15) is 24.6 Å². The Morgan fingerprint density at radius 3 is 1.47 bits per heavy atom. The van der Waals surface area contributed by atoms with Crippen LogP contribution in [-0.4, -0.2) is 47.8 Å². The molecule has 2 rings (SSSR count). The normalized spacial score (nSPS) is 11.0. The van der Waals surface area contributed by atoms with Gasteiger partial charge in [-0.1, -0.05) is 45.0 Å². The molecule has 32 heavy (non-hydrogen) atoms. The molecule has 0 spiro atoms. The van der Waals surface area contributed by atoms with Crippen LogP contribution in [0.15, 0.2) is 48.5 Å². The third-order valence-corrected chi connectivity index (χ3v) is 5.43. The minimum atomic E-state index is -2.54. The van der Waals surface area contributed by atoms with Crippen LogP contribution in [0.3, 0.4) is 0 Å². The van der Waals surface area contributed by atoms with Crippen LogP contribution in [0.25, 0.3) is 0 Å². The molecule has 174 valence electrons. The number of hydrogen-bond donors (Lipinski definition) is 2. The summed E-state index contributed by atoms with van der Waals surface area (Å²) in [5, 5.41) is 19.4. The summed E-state index contributed by atoms with van der Waals surface area (Å²) < 4.78 is 25.6. The fourth-order valence-electron chi connectivity index (χ4n) is 2.81. The highest BCUT2D eigenvalue weighted by Gasteiger charge is 2.37. The molecule has 10 heteroatoms. The molecule has 0 atom stereocenters. The molecular weight excluding hydrogens is 436 g/mol. The zero-order chi connectivity index (χ0) is 23.8. The van der Waals surface area contributed by atoms with Gasteiger partial charge < -0.3 is 24.2 Å². The summed E-state index contributed by atoms with van der Waals surface area (Å²) in [6.07, 6.45) is -3.37. The van der Waals surface area contributed by atoms with E-state index < -0.39 is 23.7 Å². The first kappa shape index (κ1) is 25.2. The van der Waals surface area contributed by atoms with Gasteiger partial charge in [-0.2, -0.15) is 0 Å². The Labute approximate surface area is 190 Å². The summed E-state index contributed by atoms with van der Waals surface area (Å²) in [6.45, 7) is 6.66. The highest BCUT2D eigenvalue weighted by atomic mass is 32.2. The van der Waals surface area contributed by atoms with E-state index in [4.69, 9.17) is 9.47 Å². The number of hydrogen-bond acceptors (Lipinski definition) is 5. The van der Waals surface area contributed by atoms with E-state index in [9.17, 15) is 24.4 Å². The van der Waals surface area contributed by atoms with Crippen LogP contribution in [0.5, 0.6) is 11.5 Å². The quantitative estimate of drug-likeness (QED) is 0.496. The molecule has 0 saturated heterocycles. The van der Waals surface area contributed by atoms with Crippen molar-refractivity contribution in [3.05, 3.63) is 59.7 Å². The predicted molar refractivity (Wildman–Crippen MR) is 120 cm³/mol. The van der Waals surface area contributed by atoms with Crippen LogP contribution in [0, 0.1) is 0 Å². The number of amides is 2. The summed E-state index contributed by atoms with van der Waals surface area (Å²) in [7, 11) is 0. The van der Waals surface area contributed by atoms with Crippen molar-refractivity contribution in [3.63, 3.8) is 0 Å². The molecule has 0 aliphatic rings. The Hall–Kier alpha value is -3.11. The second kappa shape index (κ2) is 11.5. The number of rotatable bonds is 10. The average Bonchev–Trinajstić information content (AvgIpc) is 2.70. The largest absolute Gasteiger partial charge is 0.568 e. The number of carboxylic acid groups (broad SMARTS) is 2. The van der Waals surface area contributed by atoms with Crippen molar-refractivity contribution < 1.29 is 33.8 Å². The van der Waals surface area contributed by atoms with E-state index in [1.54, 1.807) is 48.5 Å². The Balaban J connectivity index is 2.32. The van der Waals surface area contributed by atoms with Crippen LogP contribution in [0.1, 0.15) is 38.8 Å². The average molecular weight is 465 g/mol. The highest BCUT2D eigenvalue weighted by Crippen LogP contribution is 2.26. The topological polar surface area (TPSA) is 123 Å². The van der Waals surface area contributed by atoms with Crippen molar-refractivity contribution >= 4 is 23.7 Å². The van der Waals surface area contributed by atoms with Crippen LogP contribution in [-0.2, 0) is 24.6 Å². The lowest BCUT2D eigenvalue weighted by atomic mass is 10.2. The Bertz CT molecular complexity index is 849. The molecule has 0 unspecified atom stereocenters. The fourth-order valence-corrected chi connectivity index (χ4v) is 3.82. The molecule has 2 aromatic carbocycles. The zero-order valence-electron chi connectivity index (χ0n) is 18.4. The second-order valence-corrected chi connectivity index (χ2v) is 8.76. The first-order valence-electron chi connectivity index (χ1n) is 10.0. The van der Waals surface area contributed by atoms with E-state index in [-0.39, 0.29) is 25.3 Å². The minimum absolute atomic E-state index is 0.159. The van der Waals surface area contributed by atoms with Crippen molar-refractivity contribution in [2.45, 2.75) is 53.0 Å². The lowest BCUT2D eigenvalue weighted by Crippen LogP contribution is -2.47. The Morgan fingerprint density at radius 2 is 1.16 bits per heavy atom. The number of para-hydroxylation sites is 2. The highest BCUT2D eigenvalue weighted by molar-refractivity contribution is 7.87. The molecule has 2 N–H and O–H groups in total. The Kier molecular flexibility index (Phi) is 9.03. The van der Waals surface area contributed by atoms with Gasteiger partial charge in [0.2, 0.25) is 11.5 Å². The standard InChI is InChI=1S/C22H28N2O7S/c1-15(2)30-19-11-7-5-9-17(19)13-23(21(25)26)32(29)24(22(27)28)14-18-10-6-8-12-20(18)31-16(3)4/h5-12,15-16H,13-14H2,1-4H3,(H,25,26)(H,27,28). The van der Waals surface area contributed by atoms with E-state index >= 15 is 0 Å². The lowest BCUT2D eigenvalue weighted by Gasteiger charge is -2.28. The van der Waals surface area contributed by atoms with Gasteiger partial charge in [-0.25, -0.2) is 9.59 Å². The van der Waals surface area contributed by atoms with Gasteiger partial charge in [-0.15, -0.1) is 0 Å². The number of ether oxygens (including phenoxy) is 2. The molecule has 0 heterocycles. The van der Waals surface area contributed by atoms with Crippen LogP contribution in [0.4, 0.5) is 9.59 Å². The predicted octanol–water partition coefficient (Wildman–Crippen LogP) is 4.50. The summed E-state index contributed by atoms with van der Waals surface area (Å²) in [6, 6.07) is 13.5. The molecule has 0 fully saturated rings. The molecule has 2 aromatic rings. The van der Waals surface area contributed by atoms with Crippen molar-refractivity contribution in [2.75, 3.05) is 0 Å². The van der Waals surface area contributed by atoms with Crippen LogP contribution >= 0.6 is 0 Å². The van der Waals surface area contributed by atoms with E-state index in [1.807, 2.05) is 27.7 Å². The SMILES string of the molecule is CC(C)Oc1ccccc1CN(C(=O)O)[S+]([O-])N(Cc1ccccc1OC(C)C)C(=O)O. The van der Waals surface area contributed by atoms with Gasteiger partial charge in [0, 0.05) is 11.1 Å². The van der Waals surface area contributed by atoms with Crippen molar-refractivity contribution in [1.82, 2.24) is 8.61 Å². The first-order valence-corrected chi connectivity index (χ1v) is 11.1. The maximum atomic E-state index is 13.1. The molecule has 0 bridgehead atoms. The van der Waals surface area contributed by atoms with E-state index in [0.717, 1.165) is 0 Å². The maximum Gasteiger partial charge on any atom is 0.451 e. The molecule has 2 amide bonds. The van der Waals surface area contributed by atoms with E-state index in [2.05, 4.69) is 0 Å². The summed E-state index contributed by atoms with van der Waals surface area (Å²) in [5.41, 5.74) is 0.927. The smallest absolute Gasteiger partial charge is 0.451 e. The van der Waals surface area contributed by atoms with Gasteiger partial charge in [0.25, 0.3) is 0 Å². The minimum Gasteiger partial charge on any atom is -0.568 e. The number of benzene rings is 2. The number of nitrogens with zero attached hydrogens (tertiary/aromatic N) is 2. The lowest BCUT2D eigenvalue weighted by molar-refractivity contribution is 0.157. The van der Waals surface area contributed by atoms with E-state index in [0.29, 0.717) is 31.2 Å². The fraction of sp³-hybridized carbons (Fsp3) is 0.364. The molecule has 0 aliphatic heterocycles. The van der Waals surface area contributed by atoms with Crippen molar-refractivity contribution in [3.8, 4) is 11.5 Å². The molecule has 0 radical (unpaired) electrons. The van der Waals surface area contributed by atoms with Gasteiger partial charge >= 0.3 is 12.2 Å². The molecule has 0 aromatic heterocycles. The summed E-state index contributed by atoms with van der Waals surface area (Å²) >= 11 is -2.54. The summed E-state index contributed by atoms with van der Waals surface area (Å²) in [5.74, 6) is 0.867. The summed E-state index contributed by atoms with van der Waals surface area (Å²) in [4.78, 5) is 23.8. The third-order valence-electron chi connectivity index (χ3n) is 4.10. The van der Waals surface area contributed by atoms with Gasteiger partial charge in [0.15, 0.2) is 0 Å². The Morgan fingerprint density at radius 1 is 0.812 bits per heavy atom.